The third-order valence-electron chi connectivity index (χ3n) is 4.78. The first-order valence-corrected chi connectivity index (χ1v) is 11.0. The molecule has 4 rings (SSSR count). The molecular weight excluding hydrogens is 428 g/mol. The molecule has 1 aromatic heterocycles. The monoisotopic (exact) mass is 447 g/mol. The Hall–Kier alpha value is -3.82. The Labute approximate surface area is 186 Å². The number of rotatable bonds is 8. The van der Waals surface area contributed by atoms with Crippen LogP contribution in [-0.4, -0.2) is 35.6 Å². The number of fused-ring (bicyclic) bond motifs is 1. The SMILES string of the molecule is O=C(O)c1cccc2cc(Nc3ccnc(Nc4cccc(CCS(=O)[O-])c4)n3)ccc12. The molecule has 0 aliphatic heterocycles. The molecule has 32 heavy (non-hydrogen) atoms. The summed E-state index contributed by atoms with van der Waals surface area (Å²) >= 11 is -2.08. The molecule has 3 N–H and O–H groups in total. The lowest BCUT2D eigenvalue weighted by molar-refractivity contribution is 0.0699. The van der Waals surface area contributed by atoms with Crippen molar-refractivity contribution in [1.82, 2.24) is 9.97 Å². The van der Waals surface area contributed by atoms with Gasteiger partial charge in [0, 0.05) is 23.3 Å². The van der Waals surface area contributed by atoms with Crippen molar-refractivity contribution in [2.75, 3.05) is 16.4 Å². The number of nitrogens with zero attached hydrogens (tertiary/aromatic N) is 2. The lowest BCUT2D eigenvalue weighted by Crippen LogP contribution is -2.02. The van der Waals surface area contributed by atoms with Crippen molar-refractivity contribution in [3.63, 3.8) is 0 Å². The summed E-state index contributed by atoms with van der Waals surface area (Å²) in [4.78, 5) is 20.1. The molecule has 3 aromatic carbocycles. The quantitative estimate of drug-likeness (QED) is 0.342. The number of hydrogen-bond donors (Lipinski definition) is 3. The topological polar surface area (TPSA) is 127 Å². The van der Waals surface area contributed by atoms with Crippen LogP contribution in [0.4, 0.5) is 23.1 Å². The lowest BCUT2D eigenvalue weighted by Gasteiger charge is -2.11. The number of carbonyl (C=O) groups is 1. The standard InChI is InChI=1S/C23H20N4O4S/c28-22(29)20-6-2-4-16-14-18(7-8-19(16)20)25-21-9-11-24-23(27-21)26-17-5-1-3-15(13-17)10-12-32(30)31/h1-9,11,13-14H,10,12H2,(H,28,29)(H,30,31)(H2,24,25,26,27)/p-1. The normalized spacial score (nSPS) is 11.8. The van der Waals surface area contributed by atoms with E-state index >= 15 is 0 Å². The van der Waals surface area contributed by atoms with Gasteiger partial charge in [-0.15, -0.1) is 0 Å². The highest BCUT2D eigenvalue weighted by molar-refractivity contribution is 7.79. The highest BCUT2D eigenvalue weighted by Gasteiger charge is 2.09. The number of aromatic nitrogens is 2. The van der Waals surface area contributed by atoms with Gasteiger partial charge in [-0.1, -0.05) is 41.4 Å². The predicted molar refractivity (Wildman–Crippen MR) is 123 cm³/mol. The van der Waals surface area contributed by atoms with Gasteiger partial charge in [-0.3, -0.25) is 4.21 Å². The number of carboxylic acids is 1. The first-order valence-electron chi connectivity index (χ1n) is 9.76. The second-order valence-electron chi connectivity index (χ2n) is 7.02. The van der Waals surface area contributed by atoms with Crippen molar-refractivity contribution >= 4 is 51.0 Å². The van der Waals surface area contributed by atoms with Gasteiger partial charge < -0.3 is 20.3 Å². The van der Waals surface area contributed by atoms with Crippen LogP contribution >= 0.6 is 0 Å². The minimum atomic E-state index is -2.08. The number of nitrogens with one attached hydrogen (secondary N) is 2. The van der Waals surface area contributed by atoms with Gasteiger partial charge in [-0.25, -0.2) is 9.78 Å². The lowest BCUT2D eigenvalue weighted by atomic mass is 10.0. The maximum absolute atomic E-state index is 11.4. The Morgan fingerprint density at radius 2 is 1.81 bits per heavy atom. The molecule has 0 aliphatic carbocycles. The smallest absolute Gasteiger partial charge is 0.336 e. The van der Waals surface area contributed by atoms with Crippen LogP contribution in [0.2, 0.25) is 0 Å². The van der Waals surface area contributed by atoms with Gasteiger partial charge in [-0.2, -0.15) is 4.98 Å². The average Bonchev–Trinajstić information content (AvgIpc) is 2.77. The minimum absolute atomic E-state index is 0.0685. The van der Waals surface area contributed by atoms with E-state index in [9.17, 15) is 18.7 Å². The van der Waals surface area contributed by atoms with Crippen molar-refractivity contribution < 1.29 is 18.7 Å². The van der Waals surface area contributed by atoms with Gasteiger partial charge >= 0.3 is 5.97 Å². The van der Waals surface area contributed by atoms with E-state index in [1.165, 1.54) is 0 Å². The van der Waals surface area contributed by atoms with Crippen molar-refractivity contribution in [3.05, 3.63) is 84.1 Å². The van der Waals surface area contributed by atoms with Gasteiger partial charge in [0.1, 0.15) is 5.82 Å². The van der Waals surface area contributed by atoms with E-state index < -0.39 is 17.0 Å². The molecular formula is C23H19N4O4S-. The summed E-state index contributed by atoms with van der Waals surface area (Å²) in [6.07, 6.45) is 2.05. The number of benzene rings is 3. The van der Waals surface area contributed by atoms with Gasteiger partial charge in [0.25, 0.3) is 0 Å². The molecule has 0 spiro atoms. The maximum Gasteiger partial charge on any atom is 0.336 e. The summed E-state index contributed by atoms with van der Waals surface area (Å²) < 4.78 is 21.6. The summed E-state index contributed by atoms with van der Waals surface area (Å²) in [6.45, 7) is 0. The van der Waals surface area contributed by atoms with E-state index in [0.717, 1.165) is 22.3 Å². The van der Waals surface area contributed by atoms with E-state index in [4.69, 9.17) is 0 Å². The minimum Gasteiger partial charge on any atom is -0.772 e. The zero-order chi connectivity index (χ0) is 22.5. The maximum atomic E-state index is 11.4. The van der Waals surface area contributed by atoms with Crippen molar-refractivity contribution in [2.45, 2.75) is 6.42 Å². The highest BCUT2D eigenvalue weighted by atomic mass is 32.2. The van der Waals surface area contributed by atoms with Gasteiger partial charge in [-0.05, 0) is 59.2 Å². The summed E-state index contributed by atoms with van der Waals surface area (Å²) in [5, 5.41) is 17.1. The molecule has 1 atom stereocenters. The van der Waals surface area contributed by atoms with Crippen LogP contribution in [0.5, 0.6) is 0 Å². The summed E-state index contributed by atoms with van der Waals surface area (Å²) in [6, 6.07) is 19.7. The van der Waals surface area contributed by atoms with E-state index in [1.54, 1.807) is 36.5 Å². The molecule has 0 saturated heterocycles. The molecule has 162 valence electrons. The van der Waals surface area contributed by atoms with Crippen LogP contribution < -0.4 is 10.6 Å². The van der Waals surface area contributed by atoms with E-state index in [1.807, 2.05) is 36.4 Å². The summed E-state index contributed by atoms with van der Waals surface area (Å²) in [5.74, 6) is 0.0508. The molecule has 1 unspecified atom stereocenters. The van der Waals surface area contributed by atoms with Crippen LogP contribution in [0.1, 0.15) is 15.9 Å². The Kier molecular flexibility index (Phi) is 6.39. The van der Waals surface area contributed by atoms with Crippen LogP contribution in [-0.2, 0) is 17.5 Å². The van der Waals surface area contributed by atoms with Crippen LogP contribution in [0.25, 0.3) is 10.8 Å². The Morgan fingerprint density at radius 3 is 2.62 bits per heavy atom. The first kappa shape index (κ1) is 21.4. The van der Waals surface area contributed by atoms with Crippen LogP contribution in [0.15, 0.2) is 72.9 Å². The third kappa shape index (κ3) is 5.26. The molecule has 0 fully saturated rings. The molecule has 0 aliphatic rings. The number of hydrogen-bond acceptors (Lipinski definition) is 7. The highest BCUT2D eigenvalue weighted by Crippen LogP contribution is 2.25. The van der Waals surface area contributed by atoms with Crippen LogP contribution in [0.3, 0.4) is 0 Å². The number of aromatic carboxylic acids is 1. The Bertz CT molecular complexity index is 1310. The summed E-state index contributed by atoms with van der Waals surface area (Å²) in [7, 11) is 0. The third-order valence-corrected chi connectivity index (χ3v) is 5.32. The zero-order valence-corrected chi connectivity index (χ0v) is 17.6. The Morgan fingerprint density at radius 1 is 1.00 bits per heavy atom. The number of carboxylic acid groups (broad SMARTS) is 1. The first-order chi connectivity index (χ1) is 15.5. The molecule has 0 bridgehead atoms. The van der Waals surface area contributed by atoms with Crippen molar-refractivity contribution in [3.8, 4) is 0 Å². The molecule has 8 nitrogen and oxygen atoms in total. The van der Waals surface area contributed by atoms with Gasteiger partial charge in [0.05, 0.1) is 5.56 Å². The van der Waals surface area contributed by atoms with Gasteiger partial charge in [0.2, 0.25) is 5.95 Å². The molecule has 0 radical (unpaired) electrons. The number of anilines is 4. The van der Waals surface area contributed by atoms with Crippen molar-refractivity contribution in [1.29, 1.82) is 0 Å². The number of aryl methyl sites for hydroxylation is 1. The van der Waals surface area contributed by atoms with Gasteiger partial charge in [0.15, 0.2) is 0 Å². The Balaban J connectivity index is 1.51. The van der Waals surface area contributed by atoms with Crippen LogP contribution in [0, 0.1) is 0 Å². The van der Waals surface area contributed by atoms with Crippen molar-refractivity contribution in [2.24, 2.45) is 0 Å². The fraction of sp³-hybridized carbons (Fsp3) is 0.0870. The molecule has 0 saturated carbocycles. The predicted octanol–water partition coefficient (Wildman–Crippen LogP) is 4.24. The summed E-state index contributed by atoms with van der Waals surface area (Å²) in [5.41, 5.74) is 2.66. The zero-order valence-electron chi connectivity index (χ0n) is 16.8. The molecule has 0 amide bonds. The molecule has 9 heteroatoms. The molecule has 1 heterocycles. The average molecular weight is 447 g/mol. The van der Waals surface area contributed by atoms with E-state index in [2.05, 4.69) is 20.6 Å². The van der Waals surface area contributed by atoms with E-state index in [0.29, 0.717) is 23.6 Å². The van der Waals surface area contributed by atoms with E-state index in [-0.39, 0.29) is 11.3 Å². The molecule has 4 aromatic rings. The fourth-order valence-electron chi connectivity index (χ4n) is 3.32. The second-order valence-corrected chi connectivity index (χ2v) is 8.04. The fourth-order valence-corrected chi connectivity index (χ4v) is 3.72. The second kappa shape index (κ2) is 9.54. The largest absolute Gasteiger partial charge is 0.772 e.